The van der Waals surface area contributed by atoms with Crippen molar-refractivity contribution in [2.45, 2.75) is 11.8 Å². The fraction of sp³-hybridized carbons (Fsp3) is 0.375. The molecule has 0 spiro atoms. The Balaban J connectivity index is 2.17. The number of hydrogen-bond acceptors (Lipinski definition) is 3. The third-order valence-electron chi connectivity index (χ3n) is 2.03. The highest BCUT2D eigenvalue weighted by molar-refractivity contribution is 8.45. The third-order valence-corrected chi connectivity index (χ3v) is 4.32. The van der Waals surface area contributed by atoms with Gasteiger partial charge in [0, 0.05) is 6.20 Å². The molecule has 0 aliphatic carbocycles. The van der Waals surface area contributed by atoms with E-state index < -0.39 is 10.2 Å². The highest BCUT2D eigenvalue weighted by Gasteiger charge is 2.26. The predicted molar refractivity (Wildman–Crippen MR) is 55.0 cm³/mol. The van der Waals surface area contributed by atoms with Crippen molar-refractivity contribution in [2.75, 3.05) is 6.54 Å². The Labute approximate surface area is 73.9 Å². The minimum atomic E-state index is -1.28. The number of hydrogen-bond donors (Lipinski definition) is 2. The van der Waals surface area contributed by atoms with Crippen LogP contribution in [0.4, 0.5) is 0 Å². The van der Waals surface area contributed by atoms with E-state index in [9.17, 15) is 0 Å². The summed E-state index contributed by atoms with van der Waals surface area (Å²) in [4.78, 5) is 4.04. The minimum absolute atomic E-state index is 0.286. The predicted octanol–water partition coefficient (Wildman–Crippen LogP) is 1.05. The fourth-order valence-electron chi connectivity index (χ4n) is 1.34. The maximum absolute atomic E-state index is 6.17. The molecule has 66 valence electrons. The van der Waals surface area contributed by atoms with Gasteiger partial charge in [-0.3, -0.25) is 10.1 Å². The summed E-state index contributed by atoms with van der Waals surface area (Å²) in [5.74, 6) is 0. The zero-order valence-electron chi connectivity index (χ0n) is 6.81. The highest BCUT2D eigenvalue weighted by atomic mass is 32.3. The van der Waals surface area contributed by atoms with Gasteiger partial charge >= 0.3 is 0 Å². The van der Waals surface area contributed by atoms with Crippen LogP contribution in [-0.4, -0.2) is 17.5 Å². The van der Waals surface area contributed by atoms with Crippen molar-refractivity contribution in [3.8, 4) is 0 Å². The lowest BCUT2D eigenvalue weighted by atomic mass is 10.3. The van der Waals surface area contributed by atoms with E-state index in [2.05, 4.69) is 22.5 Å². The van der Waals surface area contributed by atoms with E-state index in [1.165, 1.54) is 0 Å². The number of nitrogens with one attached hydrogen (secondary N) is 1. The number of aliphatic imine (C=N–C) groups is 1. The van der Waals surface area contributed by atoms with Gasteiger partial charge in [0.15, 0.2) is 0 Å². The first-order chi connectivity index (χ1) is 5.81. The van der Waals surface area contributed by atoms with Gasteiger partial charge in [0.05, 0.1) is 10.9 Å². The van der Waals surface area contributed by atoms with Crippen LogP contribution < -0.4 is 10.5 Å². The first-order valence-corrected chi connectivity index (χ1v) is 5.90. The van der Waals surface area contributed by atoms with Crippen LogP contribution in [0.1, 0.15) is 6.42 Å². The molecule has 12 heavy (non-hydrogen) atoms. The zero-order chi connectivity index (χ0) is 8.44. The number of rotatable bonds is 1. The molecule has 0 radical (unpaired) electrons. The molecular formula is C8H13N3S. The second-order valence-electron chi connectivity index (χ2n) is 2.95. The molecular weight excluding hydrogens is 170 g/mol. The van der Waals surface area contributed by atoms with Gasteiger partial charge in [0.25, 0.3) is 0 Å². The molecule has 0 saturated heterocycles. The molecule has 2 aliphatic heterocycles. The lowest BCUT2D eigenvalue weighted by Crippen LogP contribution is -2.37. The largest absolute Gasteiger partial charge is 0.302 e. The van der Waals surface area contributed by atoms with Crippen molar-refractivity contribution in [3.63, 3.8) is 0 Å². The van der Waals surface area contributed by atoms with E-state index in [0.29, 0.717) is 0 Å². The molecule has 0 bridgehead atoms. The molecule has 2 unspecified atom stereocenters. The minimum Gasteiger partial charge on any atom is -0.302 e. The standard InChI is InChI=1S/C8H13N3S/c9-12(6-5-10-7-12)8-3-1-2-4-11-8/h1,3,5-8,11H,2,4,9H2. The summed E-state index contributed by atoms with van der Waals surface area (Å²) >= 11 is 0. The Morgan fingerprint density at radius 3 is 3.08 bits per heavy atom. The quantitative estimate of drug-likeness (QED) is 0.597. The Kier molecular flexibility index (Phi) is 2.04. The normalized spacial score (nSPS) is 44.6. The fourth-order valence-corrected chi connectivity index (χ4v) is 3.07. The van der Waals surface area contributed by atoms with Crippen LogP contribution in [0.5, 0.6) is 0 Å². The van der Waals surface area contributed by atoms with Gasteiger partial charge in [-0.05, 0) is 18.4 Å². The number of nitrogens with two attached hydrogens (primary N) is 1. The molecule has 0 aromatic heterocycles. The summed E-state index contributed by atoms with van der Waals surface area (Å²) in [5, 5.41) is 11.9. The first-order valence-electron chi connectivity index (χ1n) is 4.01. The average molecular weight is 183 g/mol. The lowest BCUT2D eigenvalue weighted by molar-refractivity contribution is 0.694. The second kappa shape index (κ2) is 3.05. The van der Waals surface area contributed by atoms with Crippen molar-refractivity contribution in [1.82, 2.24) is 5.32 Å². The van der Waals surface area contributed by atoms with Gasteiger partial charge in [-0.2, -0.15) is 0 Å². The molecule has 2 aliphatic rings. The molecule has 0 aromatic carbocycles. The Morgan fingerprint density at radius 1 is 1.58 bits per heavy atom. The molecule has 2 rings (SSSR count). The summed E-state index contributed by atoms with van der Waals surface area (Å²) in [6, 6.07) is 0. The van der Waals surface area contributed by atoms with Crippen LogP contribution in [0, 0.1) is 0 Å². The van der Waals surface area contributed by atoms with Gasteiger partial charge in [0.1, 0.15) is 0 Å². The van der Waals surface area contributed by atoms with E-state index in [1.54, 1.807) is 6.20 Å². The maximum Gasteiger partial charge on any atom is 0.0759 e. The molecule has 3 nitrogen and oxygen atoms in total. The Bertz CT molecular complexity index is 245. The van der Waals surface area contributed by atoms with Crippen LogP contribution in [-0.2, 0) is 0 Å². The second-order valence-corrected chi connectivity index (χ2v) is 5.57. The molecule has 4 heteroatoms. The lowest BCUT2D eigenvalue weighted by Gasteiger charge is -2.34. The van der Waals surface area contributed by atoms with E-state index in [-0.39, 0.29) is 5.37 Å². The SMILES string of the molecule is NS1(C2C=CCCN2)C=CN=C1. The highest BCUT2D eigenvalue weighted by Crippen LogP contribution is 2.46. The van der Waals surface area contributed by atoms with Crippen molar-refractivity contribution in [1.29, 1.82) is 0 Å². The van der Waals surface area contributed by atoms with E-state index in [4.69, 9.17) is 5.14 Å². The molecule has 2 atom stereocenters. The topological polar surface area (TPSA) is 50.4 Å². The molecule has 2 heterocycles. The van der Waals surface area contributed by atoms with Crippen LogP contribution in [0.3, 0.4) is 0 Å². The monoisotopic (exact) mass is 183 g/mol. The summed E-state index contributed by atoms with van der Waals surface area (Å²) in [6.45, 7) is 1.02. The van der Waals surface area contributed by atoms with Crippen LogP contribution in [0.25, 0.3) is 0 Å². The van der Waals surface area contributed by atoms with E-state index in [1.807, 2.05) is 11.0 Å². The summed E-state index contributed by atoms with van der Waals surface area (Å²) < 4.78 is 0. The Morgan fingerprint density at radius 2 is 2.50 bits per heavy atom. The molecule has 0 aromatic rings. The molecule has 0 saturated carbocycles. The van der Waals surface area contributed by atoms with E-state index in [0.717, 1.165) is 13.0 Å². The summed E-state index contributed by atoms with van der Waals surface area (Å²) in [5.41, 5.74) is 1.88. The molecule has 0 fully saturated rings. The van der Waals surface area contributed by atoms with Gasteiger partial charge < -0.3 is 5.32 Å². The summed E-state index contributed by atoms with van der Waals surface area (Å²) in [6.07, 6.45) is 7.23. The van der Waals surface area contributed by atoms with Crippen LogP contribution in [0.15, 0.2) is 28.8 Å². The smallest absolute Gasteiger partial charge is 0.0759 e. The van der Waals surface area contributed by atoms with Crippen molar-refractivity contribution >= 4 is 15.8 Å². The van der Waals surface area contributed by atoms with Gasteiger partial charge in [0.2, 0.25) is 0 Å². The van der Waals surface area contributed by atoms with Gasteiger partial charge in [-0.1, -0.05) is 12.2 Å². The van der Waals surface area contributed by atoms with Crippen LogP contribution in [0.2, 0.25) is 0 Å². The molecule has 0 amide bonds. The van der Waals surface area contributed by atoms with Gasteiger partial charge in [-0.15, -0.1) is 10.2 Å². The van der Waals surface area contributed by atoms with Gasteiger partial charge in [-0.25, -0.2) is 0 Å². The number of nitrogens with zero attached hydrogens (tertiary/aromatic N) is 1. The maximum atomic E-state index is 6.17. The average Bonchev–Trinajstić information content (AvgIpc) is 2.55. The van der Waals surface area contributed by atoms with E-state index >= 15 is 0 Å². The summed E-state index contributed by atoms with van der Waals surface area (Å²) in [7, 11) is -1.28. The van der Waals surface area contributed by atoms with Crippen LogP contribution >= 0.6 is 10.2 Å². The van der Waals surface area contributed by atoms with Crippen molar-refractivity contribution < 1.29 is 0 Å². The Hall–Kier alpha value is -0.580. The third kappa shape index (κ3) is 1.33. The first kappa shape index (κ1) is 8.04. The van der Waals surface area contributed by atoms with Crippen molar-refractivity contribution in [3.05, 3.63) is 23.8 Å². The molecule has 3 N–H and O–H groups in total. The van der Waals surface area contributed by atoms with Crippen molar-refractivity contribution in [2.24, 2.45) is 10.1 Å². The zero-order valence-corrected chi connectivity index (χ0v) is 7.63.